The molecule has 0 aliphatic carbocycles. The van der Waals surface area contributed by atoms with Crippen molar-refractivity contribution >= 4 is 42.9 Å². The summed E-state index contributed by atoms with van der Waals surface area (Å²) in [7, 11) is -9.48. The van der Waals surface area contributed by atoms with E-state index in [4.69, 9.17) is 11.6 Å². The van der Waals surface area contributed by atoms with Gasteiger partial charge in [-0.1, -0.05) is 46.2 Å². The SMILES string of the molecule is CC(C)(C)C(C)(C)c1cc(S(C)(=O)=O)cc(C(=O)Nc2ccc(S(=O)(=O)C(F)(F)F)cc2Cl)c1O. The molecule has 194 valence electrons. The molecule has 0 radical (unpaired) electrons. The van der Waals surface area contributed by atoms with Crippen molar-refractivity contribution < 1.29 is 39.9 Å². The maximum Gasteiger partial charge on any atom is 0.501 e. The van der Waals surface area contributed by atoms with Gasteiger partial charge in [-0.2, -0.15) is 13.2 Å². The second-order valence-corrected chi connectivity index (χ2v) is 13.9. The van der Waals surface area contributed by atoms with Crippen LogP contribution in [0.1, 0.15) is 50.5 Å². The van der Waals surface area contributed by atoms with Gasteiger partial charge in [0.1, 0.15) is 5.75 Å². The molecule has 2 rings (SSSR count). The largest absolute Gasteiger partial charge is 0.507 e. The minimum atomic E-state index is -5.66. The number of carbonyl (C=O) groups is 1. The lowest BCUT2D eigenvalue weighted by Crippen LogP contribution is -2.34. The van der Waals surface area contributed by atoms with E-state index in [1.54, 1.807) is 13.8 Å². The molecule has 35 heavy (non-hydrogen) atoms. The third-order valence-corrected chi connectivity index (χ3v) is 9.00. The van der Waals surface area contributed by atoms with Crippen molar-refractivity contribution in [3.63, 3.8) is 0 Å². The molecule has 0 aliphatic rings. The van der Waals surface area contributed by atoms with E-state index in [-0.39, 0.29) is 16.1 Å². The number of amides is 1. The number of aromatic hydroxyl groups is 1. The Hall–Kier alpha value is -2.31. The lowest BCUT2D eigenvalue weighted by Gasteiger charge is -2.40. The van der Waals surface area contributed by atoms with E-state index in [1.165, 1.54) is 6.07 Å². The smallest absolute Gasteiger partial charge is 0.501 e. The van der Waals surface area contributed by atoms with E-state index in [0.717, 1.165) is 18.4 Å². The molecule has 0 aliphatic heterocycles. The first-order chi connectivity index (χ1) is 15.5. The minimum Gasteiger partial charge on any atom is -0.507 e. The van der Waals surface area contributed by atoms with E-state index in [2.05, 4.69) is 5.32 Å². The Bertz CT molecular complexity index is 1390. The molecule has 0 saturated carbocycles. The number of rotatable bonds is 5. The Balaban J connectivity index is 2.62. The van der Waals surface area contributed by atoms with Gasteiger partial charge in [0.25, 0.3) is 15.7 Å². The maximum atomic E-state index is 13.0. The highest BCUT2D eigenvalue weighted by Crippen LogP contribution is 2.46. The second-order valence-electron chi connectivity index (χ2n) is 9.56. The number of hydrogen-bond donors (Lipinski definition) is 2. The average molecular weight is 556 g/mol. The minimum absolute atomic E-state index is 0.191. The van der Waals surface area contributed by atoms with Crippen LogP contribution in [0.5, 0.6) is 5.75 Å². The van der Waals surface area contributed by atoms with E-state index < -0.39 is 63.2 Å². The van der Waals surface area contributed by atoms with Gasteiger partial charge in [0.05, 0.1) is 26.1 Å². The summed E-state index contributed by atoms with van der Waals surface area (Å²) in [5, 5.41) is 12.7. The number of nitrogens with one attached hydrogen (secondary N) is 1. The summed E-state index contributed by atoms with van der Waals surface area (Å²) in [6, 6.07) is 4.26. The highest BCUT2D eigenvalue weighted by Gasteiger charge is 2.47. The van der Waals surface area contributed by atoms with Crippen LogP contribution in [0.2, 0.25) is 5.02 Å². The van der Waals surface area contributed by atoms with Crippen LogP contribution in [0.4, 0.5) is 18.9 Å². The summed E-state index contributed by atoms with van der Waals surface area (Å²) in [5.74, 6) is -1.49. The number of phenols is 1. The average Bonchev–Trinajstić information content (AvgIpc) is 2.66. The fraction of sp³-hybridized carbons (Fsp3) is 0.409. The molecule has 0 heterocycles. The van der Waals surface area contributed by atoms with Crippen molar-refractivity contribution in [2.45, 2.75) is 55.3 Å². The molecule has 13 heteroatoms. The van der Waals surface area contributed by atoms with Crippen LogP contribution in [0.15, 0.2) is 40.1 Å². The number of anilines is 1. The Morgan fingerprint density at radius 3 is 1.91 bits per heavy atom. The number of benzene rings is 2. The van der Waals surface area contributed by atoms with Gasteiger partial charge in [-0.3, -0.25) is 4.79 Å². The molecule has 0 atom stereocenters. The zero-order valence-electron chi connectivity index (χ0n) is 19.7. The highest BCUT2D eigenvalue weighted by atomic mass is 35.5. The van der Waals surface area contributed by atoms with Crippen molar-refractivity contribution in [1.29, 1.82) is 0 Å². The zero-order chi connectivity index (χ0) is 27.4. The van der Waals surface area contributed by atoms with Gasteiger partial charge >= 0.3 is 5.51 Å². The number of alkyl halides is 3. The van der Waals surface area contributed by atoms with E-state index >= 15 is 0 Å². The van der Waals surface area contributed by atoms with Crippen molar-refractivity contribution in [1.82, 2.24) is 0 Å². The number of halogens is 4. The third-order valence-electron chi connectivity index (χ3n) is 6.11. The van der Waals surface area contributed by atoms with Gasteiger partial charge in [0.2, 0.25) is 0 Å². The molecular weight excluding hydrogens is 531 g/mol. The molecule has 0 fully saturated rings. The predicted octanol–water partition coefficient (Wildman–Crippen LogP) is 5.32. The summed E-state index contributed by atoms with van der Waals surface area (Å²) in [5.41, 5.74) is -7.30. The first kappa shape index (κ1) is 28.9. The van der Waals surface area contributed by atoms with Gasteiger partial charge in [0.15, 0.2) is 9.84 Å². The van der Waals surface area contributed by atoms with Crippen LogP contribution in [-0.2, 0) is 25.1 Å². The Kier molecular flexibility index (Phi) is 7.41. The fourth-order valence-corrected chi connectivity index (χ4v) is 4.71. The lowest BCUT2D eigenvalue weighted by molar-refractivity contribution is -0.0436. The van der Waals surface area contributed by atoms with Crippen molar-refractivity contribution in [3.05, 3.63) is 46.5 Å². The first-order valence-electron chi connectivity index (χ1n) is 10.0. The Labute approximate surface area is 207 Å². The molecular formula is C22H25ClF3NO6S2. The standard InChI is InChI=1S/C22H25ClF3NO6S2/c1-20(2,3)21(4,5)15-10-13(34(6,30)31)9-14(18(15)28)19(29)27-17-8-7-12(11-16(17)23)35(32,33)22(24,25)26/h7-11,28H,1-6H3,(H,27,29). The topological polar surface area (TPSA) is 118 Å². The summed E-state index contributed by atoms with van der Waals surface area (Å²) in [4.78, 5) is 11.7. The van der Waals surface area contributed by atoms with Crippen LogP contribution < -0.4 is 5.32 Å². The Morgan fingerprint density at radius 1 is 0.943 bits per heavy atom. The number of carbonyl (C=O) groups excluding carboxylic acids is 1. The molecule has 1 amide bonds. The molecule has 0 spiro atoms. The molecule has 0 saturated heterocycles. The van der Waals surface area contributed by atoms with E-state index in [0.29, 0.717) is 12.1 Å². The number of sulfone groups is 2. The monoisotopic (exact) mass is 555 g/mol. The third kappa shape index (κ3) is 5.59. The second kappa shape index (κ2) is 8.97. The summed E-state index contributed by atoms with van der Waals surface area (Å²) in [6.45, 7) is 9.15. The van der Waals surface area contributed by atoms with Gasteiger partial charge < -0.3 is 10.4 Å². The normalized spacial score (nSPS) is 13.5. The van der Waals surface area contributed by atoms with Gasteiger partial charge in [-0.25, -0.2) is 16.8 Å². The van der Waals surface area contributed by atoms with E-state index in [9.17, 15) is 39.9 Å². The number of phenolic OH excluding ortho intramolecular Hbond substituents is 1. The molecule has 7 nitrogen and oxygen atoms in total. The summed E-state index contributed by atoms with van der Waals surface area (Å²) >= 11 is 5.92. The zero-order valence-corrected chi connectivity index (χ0v) is 22.1. The molecule has 0 aromatic heterocycles. The van der Waals surface area contributed by atoms with Crippen LogP contribution in [0, 0.1) is 5.41 Å². The van der Waals surface area contributed by atoms with E-state index in [1.807, 2.05) is 20.8 Å². The van der Waals surface area contributed by atoms with Crippen molar-refractivity contribution in [2.24, 2.45) is 5.41 Å². The van der Waals surface area contributed by atoms with Crippen LogP contribution >= 0.6 is 11.6 Å². The van der Waals surface area contributed by atoms with Gasteiger partial charge in [-0.05, 0) is 41.2 Å². The van der Waals surface area contributed by atoms with Crippen LogP contribution in [0.25, 0.3) is 0 Å². The molecule has 2 aromatic rings. The van der Waals surface area contributed by atoms with Crippen LogP contribution in [-0.4, -0.2) is 39.6 Å². The number of hydrogen-bond acceptors (Lipinski definition) is 6. The molecule has 2 aromatic carbocycles. The van der Waals surface area contributed by atoms with Crippen molar-refractivity contribution in [3.8, 4) is 5.75 Å². The first-order valence-corrected chi connectivity index (χ1v) is 13.8. The summed E-state index contributed by atoms with van der Waals surface area (Å²) < 4.78 is 86.2. The Morgan fingerprint density at radius 2 is 1.49 bits per heavy atom. The van der Waals surface area contributed by atoms with Crippen LogP contribution in [0.3, 0.4) is 0 Å². The fourth-order valence-electron chi connectivity index (χ4n) is 2.96. The maximum absolute atomic E-state index is 13.0. The molecule has 2 N–H and O–H groups in total. The molecule has 0 bridgehead atoms. The summed E-state index contributed by atoms with van der Waals surface area (Å²) in [6.07, 6.45) is 0.936. The predicted molar refractivity (Wildman–Crippen MR) is 126 cm³/mol. The van der Waals surface area contributed by atoms with Gasteiger partial charge in [0, 0.05) is 11.8 Å². The molecule has 0 unspecified atom stereocenters. The lowest BCUT2D eigenvalue weighted by atomic mass is 9.65. The quantitative estimate of drug-likeness (QED) is 0.515. The van der Waals surface area contributed by atoms with Crippen molar-refractivity contribution in [2.75, 3.05) is 11.6 Å². The highest BCUT2D eigenvalue weighted by molar-refractivity contribution is 7.92. The van der Waals surface area contributed by atoms with Gasteiger partial charge in [-0.15, -0.1) is 0 Å².